The van der Waals surface area contributed by atoms with Crippen LogP contribution in [0.4, 0.5) is 5.69 Å². The Labute approximate surface area is 220 Å². The van der Waals surface area contributed by atoms with Crippen molar-refractivity contribution in [2.75, 3.05) is 17.1 Å². The van der Waals surface area contributed by atoms with Crippen molar-refractivity contribution in [1.82, 2.24) is 10.2 Å². The molecule has 0 spiro atoms. The van der Waals surface area contributed by atoms with Crippen LogP contribution in [0.2, 0.25) is 5.02 Å². The second-order valence-corrected chi connectivity index (χ2v) is 12.4. The van der Waals surface area contributed by atoms with Gasteiger partial charge in [-0.3, -0.25) is 13.9 Å². The summed E-state index contributed by atoms with van der Waals surface area (Å²) in [5.41, 5.74) is 1.85. The fourth-order valence-corrected chi connectivity index (χ4v) is 5.13. The van der Waals surface area contributed by atoms with E-state index in [-0.39, 0.29) is 31.3 Å². The van der Waals surface area contributed by atoms with Crippen LogP contribution in [-0.4, -0.2) is 49.5 Å². The highest BCUT2D eigenvalue weighted by Crippen LogP contribution is 2.23. The Hall–Kier alpha value is -2.58. The molecule has 0 aliphatic carbocycles. The third-order valence-electron chi connectivity index (χ3n) is 5.69. The topological polar surface area (TPSA) is 86.8 Å². The van der Waals surface area contributed by atoms with E-state index in [9.17, 15) is 18.0 Å². The Morgan fingerprint density at radius 1 is 1.06 bits per heavy atom. The maximum atomic E-state index is 13.5. The number of aryl methyl sites for hydroxylation is 1. The van der Waals surface area contributed by atoms with Crippen molar-refractivity contribution in [1.29, 1.82) is 0 Å². The largest absolute Gasteiger partial charge is 0.350 e. The Kier molecular flexibility index (Phi) is 10.4. The van der Waals surface area contributed by atoms with Crippen molar-refractivity contribution < 1.29 is 18.0 Å². The van der Waals surface area contributed by atoms with E-state index in [0.29, 0.717) is 23.6 Å². The molecule has 7 nitrogen and oxygen atoms in total. The first-order valence-electron chi connectivity index (χ1n) is 12.1. The third-order valence-corrected chi connectivity index (χ3v) is 7.12. The Bertz CT molecular complexity index is 1140. The number of rotatable bonds is 11. The number of halogens is 1. The molecule has 0 aromatic heterocycles. The highest BCUT2D eigenvalue weighted by Gasteiger charge is 2.30. The van der Waals surface area contributed by atoms with E-state index in [4.69, 9.17) is 11.6 Å². The summed E-state index contributed by atoms with van der Waals surface area (Å²) in [4.78, 5) is 28.2. The zero-order chi connectivity index (χ0) is 27.1. The van der Waals surface area contributed by atoms with Crippen molar-refractivity contribution in [3.63, 3.8) is 0 Å². The van der Waals surface area contributed by atoms with Crippen LogP contribution in [0.15, 0.2) is 48.5 Å². The van der Waals surface area contributed by atoms with Gasteiger partial charge in [-0.15, -0.1) is 0 Å². The lowest BCUT2D eigenvalue weighted by atomic mass is 10.0. The molecule has 0 fully saturated rings. The molecule has 0 bridgehead atoms. The van der Waals surface area contributed by atoms with E-state index in [1.165, 1.54) is 4.31 Å². The van der Waals surface area contributed by atoms with Gasteiger partial charge in [0.15, 0.2) is 0 Å². The highest BCUT2D eigenvalue weighted by molar-refractivity contribution is 7.92. The number of anilines is 1. The van der Waals surface area contributed by atoms with E-state index in [2.05, 4.69) is 5.32 Å². The fourth-order valence-electron chi connectivity index (χ4n) is 3.98. The second kappa shape index (κ2) is 12.6. The quantitative estimate of drug-likeness (QED) is 0.442. The molecule has 9 heteroatoms. The zero-order valence-corrected chi connectivity index (χ0v) is 23.6. The SMILES string of the molecule is CCC(C(=O)NC(C)(C)C)N(Cc1ccc(Cl)cc1)C(=O)CCCN(c1ccccc1C)S(C)(=O)=O. The molecule has 2 aromatic rings. The molecular weight excluding hydrogens is 498 g/mol. The molecule has 0 radical (unpaired) electrons. The average Bonchev–Trinajstić information content (AvgIpc) is 2.76. The lowest BCUT2D eigenvalue weighted by Gasteiger charge is -2.33. The summed E-state index contributed by atoms with van der Waals surface area (Å²) in [5, 5.41) is 3.57. The van der Waals surface area contributed by atoms with Crippen LogP contribution in [0.1, 0.15) is 58.1 Å². The van der Waals surface area contributed by atoms with Gasteiger partial charge in [-0.2, -0.15) is 0 Å². The molecule has 198 valence electrons. The summed E-state index contributed by atoms with van der Waals surface area (Å²) in [6.45, 7) is 9.83. The van der Waals surface area contributed by atoms with Crippen LogP contribution in [0.5, 0.6) is 0 Å². The summed E-state index contributed by atoms with van der Waals surface area (Å²) >= 11 is 6.02. The van der Waals surface area contributed by atoms with Crippen molar-refractivity contribution in [2.45, 2.75) is 72.0 Å². The van der Waals surface area contributed by atoms with Gasteiger partial charge < -0.3 is 10.2 Å². The van der Waals surface area contributed by atoms with Gasteiger partial charge in [-0.05, 0) is 69.9 Å². The standard InChI is InChI=1S/C27H38ClN3O4S/c1-7-23(26(33)29-27(3,4)5)30(19-21-14-16-22(28)17-15-21)25(32)13-10-18-31(36(6,34)35)24-12-9-8-11-20(24)2/h8-9,11-12,14-17,23H,7,10,13,18-19H2,1-6H3,(H,29,33). The number of benzene rings is 2. The van der Waals surface area contributed by atoms with E-state index in [1.54, 1.807) is 29.2 Å². The number of sulfonamides is 1. The third kappa shape index (κ3) is 8.82. The fraction of sp³-hybridized carbons (Fsp3) is 0.481. The van der Waals surface area contributed by atoms with Crippen LogP contribution in [-0.2, 0) is 26.2 Å². The highest BCUT2D eigenvalue weighted by atomic mass is 35.5. The molecule has 2 rings (SSSR count). The summed E-state index contributed by atoms with van der Waals surface area (Å²) in [7, 11) is -3.53. The van der Waals surface area contributed by atoms with Crippen molar-refractivity contribution in [3.05, 3.63) is 64.7 Å². The van der Waals surface area contributed by atoms with Gasteiger partial charge in [-0.1, -0.05) is 48.9 Å². The first-order chi connectivity index (χ1) is 16.7. The normalized spacial score (nSPS) is 12.6. The van der Waals surface area contributed by atoms with Gasteiger partial charge in [-0.25, -0.2) is 8.42 Å². The number of hydrogen-bond donors (Lipinski definition) is 1. The molecule has 36 heavy (non-hydrogen) atoms. The Morgan fingerprint density at radius 3 is 2.19 bits per heavy atom. The predicted octanol–water partition coefficient (Wildman–Crippen LogP) is 4.92. The van der Waals surface area contributed by atoms with E-state index < -0.39 is 21.6 Å². The molecule has 2 aromatic carbocycles. The molecule has 0 aliphatic heterocycles. The van der Waals surface area contributed by atoms with E-state index in [0.717, 1.165) is 17.4 Å². The van der Waals surface area contributed by atoms with Crippen LogP contribution in [0.25, 0.3) is 0 Å². The molecular formula is C27H38ClN3O4S. The minimum atomic E-state index is -3.53. The molecule has 0 aliphatic rings. The monoisotopic (exact) mass is 535 g/mol. The summed E-state index contributed by atoms with van der Waals surface area (Å²) in [6.07, 6.45) is 2.03. The molecule has 1 N–H and O–H groups in total. The molecule has 0 saturated carbocycles. The lowest BCUT2D eigenvalue weighted by Crippen LogP contribution is -2.53. The maximum absolute atomic E-state index is 13.5. The molecule has 1 atom stereocenters. The van der Waals surface area contributed by atoms with Crippen LogP contribution < -0.4 is 9.62 Å². The lowest BCUT2D eigenvalue weighted by molar-refractivity contribution is -0.142. The van der Waals surface area contributed by atoms with E-state index in [1.807, 2.05) is 58.9 Å². The number of nitrogens with one attached hydrogen (secondary N) is 1. The van der Waals surface area contributed by atoms with Gasteiger partial charge in [0.25, 0.3) is 0 Å². The number of para-hydroxylation sites is 1. The maximum Gasteiger partial charge on any atom is 0.243 e. The van der Waals surface area contributed by atoms with Crippen LogP contribution in [0, 0.1) is 6.92 Å². The van der Waals surface area contributed by atoms with Crippen LogP contribution >= 0.6 is 11.6 Å². The Balaban J connectivity index is 2.24. The molecule has 1 unspecified atom stereocenters. The summed E-state index contributed by atoms with van der Waals surface area (Å²) in [5.74, 6) is -0.427. The van der Waals surface area contributed by atoms with Crippen molar-refractivity contribution >= 4 is 39.1 Å². The number of nitrogens with zero attached hydrogens (tertiary/aromatic N) is 2. The first-order valence-corrected chi connectivity index (χ1v) is 14.3. The van der Waals surface area contributed by atoms with Gasteiger partial charge in [0.1, 0.15) is 6.04 Å². The number of carbonyl (C=O) groups excluding carboxylic acids is 2. The summed E-state index contributed by atoms with van der Waals surface area (Å²) in [6, 6.07) is 13.8. The number of carbonyl (C=O) groups is 2. The van der Waals surface area contributed by atoms with Crippen molar-refractivity contribution in [2.24, 2.45) is 0 Å². The van der Waals surface area contributed by atoms with Gasteiger partial charge in [0.05, 0.1) is 11.9 Å². The number of hydrogen-bond acceptors (Lipinski definition) is 4. The minimum absolute atomic E-state index is 0.102. The van der Waals surface area contributed by atoms with E-state index >= 15 is 0 Å². The van der Waals surface area contributed by atoms with Gasteiger partial charge in [0.2, 0.25) is 21.8 Å². The molecule has 0 saturated heterocycles. The average molecular weight is 536 g/mol. The Morgan fingerprint density at radius 2 is 1.67 bits per heavy atom. The minimum Gasteiger partial charge on any atom is -0.350 e. The van der Waals surface area contributed by atoms with Crippen molar-refractivity contribution in [3.8, 4) is 0 Å². The number of amides is 2. The second-order valence-electron chi connectivity index (χ2n) is 10.0. The predicted molar refractivity (Wildman–Crippen MR) is 147 cm³/mol. The summed E-state index contributed by atoms with van der Waals surface area (Å²) < 4.78 is 26.3. The van der Waals surface area contributed by atoms with Gasteiger partial charge >= 0.3 is 0 Å². The molecule has 0 heterocycles. The molecule has 2 amide bonds. The van der Waals surface area contributed by atoms with Gasteiger partial charge in [0, 0.05) is 30.1 Å². The smallest absolute Gasteiger partial charge is 0.243 e. The first kappa shape index (κ1) is 29.6. The van der Waals surface area contributed by atoms with Crippen LogP contribution in [0.3, 0.4) is 0 Å². The zero-order valence-electron chi connectivity index (χ0n) is 22.0.